The number of hydrogen-bond acceptors (Lipinski definition) is 5. The Morgan fingerprint density at radius 3 is 2.65 bits per heavy atom. The molecule has 1 aliphatic heterocycles. The van der Waals surface area contributed by atoms with Gasteiger partial charge in [-0.25, -0.2) is 0 Å². The highest BCUT2D eigenvalue weighted by molar-refractivity contribution is 5.60. The van der Waals surface area contributed by atoms with Gasteiger partial charge in [-0.2, -0.15) is 0 Å². The van der Waals surface area contributed by atoms with E-state index in [-0.39, 0.29) is 6.54 Å². The molecule has 1 aliphatic rings. The van der Waals surface area contributed by atoms with E-state index in [4.69, 9.17) is 15.2 Å². The van der Waals surface area contributed by atoms with Crippen molar-refractivity contribution in [2.75, 3.05) is 31.6 Å². The zero-order valence-corrected chi connectivity index (χ0v) is 9.90. The lowest BCUT2D eigenvalue weighted by Gasteiger charge is -2.21. The van der Waals surface area contributed by atoms with Crippen molar-refractivity contribution in [3.63, 3.8) is 0 Å². The largest absolute Gasteiger partial charge is 0.486 e. The molecule has 1 heterocycles. The molecule has 0 saturated carbocycles. The Labute approximate surface area is 101 Å². The lowest BCUT2D eigenvalue weighted by atomic mass is 10.1. The first-order valence-electron chi connectivity index (χ1n) is 5.73. The predicted molar refractivity (Wildman–Crippen MR) is 65.7 cm³/mol. The fourth-order valence-corrected chi connectivity index (χ4v) is 1.69. The highest BCUT2D eigenvalue weighted by Gasteiger charge is 2.14. The summed E-state index contributed by atoms with van der Waals surface area (Å²) in [4.78, 5) is 0. The fourth-order valence-electron chi connectivity index (χ4n) is 1.69. The molecular formula is C12H18N2O3. The zero-order chi connectivity index (χ0) is 12.3. The van der Waals surface area contributed by atoms with Crippen molar-refractivity contribution in [1.82, 2.24) is 0 Å². The van der Waals surface area contributed by atoms with Crippen LogP contribution in [0.3, 0.4) is 0 Å². The average molecular weight is 238 g/mol. The van der Waals surface area contributed by atoms with Crippen LogP contribution in [0.1, 0.15) is 5.56 Å². The Hall–Kier alpha value is -1.46. The van der Waals surface area contributed by atoms with E-state index in [1.165, 1.54) is 0 Å². The van der Waals surface area contributed by atoms with E-state index >= 15 is 0 Å². The number of rotatable bonds is 4. The van der Waals surface area contributed by atoms with Gasteiger partial charge in [-0.15, -0.1) is 0 Å². The summed E-state index contributed by atoms with van der Waals surface area (Å²) in [5, 5.41) is 12.6. The summed E-state index contributed by atoms with van der Waals surface area (Å²) in [7, 11) is 0. The number of aliphatic hydroxyl groups is 1. The van der Waals surface area contributed by atoms with Crippen molar-refractivity contribution >= 4 is 5.69 Å². The molecule has 0 amide bonds. The third-order valence-electron chi connectivity index (χ3n) is 2.69. The van der Waals surface area contributed by atoms with Crippen molar-refractivity contribution in [1.29, 1.82) is 0 Å². The quantitative estimate of drug-likeness (QED) is 0.712. The maximum Gasteiger partial charge on any atom is 0.163 e. The van der Waals surface area contributed by atoms with E-state index in [2.05, 4.69) is 5.32 Å². The predicted octanol–water partition coefficient (Wildman–Crippen LogP) is 0.498. The van der Waals surface area contributed by atoms with E-state index in [1.807, 2.05) is 19.1 Å². The second kappa shape index (κ2) is 5.25. The van der Waals surface area contributed by atoms with Gasteiger partial charge < -0.3 is 25.6 Å². The fraction of sp³-hybridized carbons (Fsp3) is 0.500. The maximum atomic E-state index is 9.41. The molecule has 0 bridgehead atoms. The van der Waals surface area contributed by atoms with Crippen molar-refractivity contribution in [3.8, 4) is 11.5 Å². The molecule has 2 rings (SSSR count). The second-order valence-electron chi connectivity index (χ2n) is 4.08. The smallest absolute Gasteiger partial charge is 0.163 e. The van der Waals surface area contributed by atoms with Gasteiger partial charge in [0.1, 0.15) is 13.2 Å². The van der Waals surface area contributed by atoms with Crippen LogP contribution < -0.4 is 20.5 Å². The van der Waals surface area contributed by atoms with E-state index in [9.17, 15) is 5.11 Å². The molecule has 1 atom stereocenters. The van der Waals surface area contributed by atoms with E-state index in [0.717, 1.165) is 22.7 Å². The molecule has 94 valence electrons. The minimum absolute atomic E-state index is 0.247. The SMILES string of the molecule is Cc1cc2c(cc1NCC(O)CN)OCCO2. The standard InChI is InChI=1S/C12H18N2O3/c1-8-4-11-12(17-3-2-16-11)5-10(8)14-7-9(15)6-13/h4-5,9,14-15H,2-3,6-7,13H2,1H3. The third kappa shape index (κ3) is 2.81. The summed E-state index contributed by atoms with van der Waals surface area (Å²) in [6.07, 6.45) is -0.539. The van der Waals surface area contributed by atoms with Gasteiger partial charge >= 0.3 is 0 Å². The molecule has 0 spiro atoms. The Morgan fingerprint density at radius 2 is 2.00 bits per heavy atom. The Morgan fingerprint density at radius 1 is 1.35 bits per heavy atom. The van der Waals surface area contributed by atoms with Gasteiger partial charge in [0.2, 0.25) is 0 Å². The first kappa shape index (κ1) is 12.0. The molecule has 0 fully saturated rings. The van der Waals surface area contributed by atoms with Crippen molar-refractivity contribution in [3.05, 3.63) is 17.7 Å². The number of anilines is 1. The first-order valence-corrected chi connectivity index (χ1v) is 5.73. The Kier molecular flexibility index (Phi) is 3.71. The average Bonchev–Trinajstić information content (AvgIpc) is 2.35. The Balaban J connectivity index is 2.11. The topological polar surface area (TPSA) is 76.7 Å². The summed E-state index contributed by atoms with van der Waals surface area (Å²) < 4.78 is 11.0. The van der Waals surface area contributed by atoms with Crippen molar-refractivity contribution in [2.45, 2.75) is 13.0 Å². The van der Waals surface area contributed by atoms with Crippen LogP contribution in [-0.2, 0) is 0 Å². The summed E-state index contributed by atoms with van der Waals surface area (Å²) >= 11 is 0. The summed E-state index contributed by atoms with van der Waals surface area (Å²) in [5.74, 6) is 1.52. The molecule has 5 nitrogen and oxygen atoms in total. The van der Waals surface area contributed by atoms with Crippen LogP contribution in [-0.4, -0.2) is 37.5 Å². The van der Waals surface area contributed by atoms with Gasteiger partial charge in [-0.05, 0) is 18.6 Å². The summed E-state index contributed by atoms with van der Waals surface area (Å²) in [6, 6.07) is 3.83. The minimum atomic E-state index is -0.539. The third-order valence-corrected chi connectivity index (χ3v) is 2.69. The highest BCUT2D eigenvalue weighted by atomic mass is 16.6. The van der Waals surface area contributed by atoms with E-state index in [1.54, 1.807) is 0 Å². The normalized spacial score (nSPS) is 15.5. The molecule has 1 unspecified atom stereocenters. The number of fused-ring (bicyclic) bond motifs is 1. The van der Waals surface area contributed by atoms with Crippen molar-refractivity contribution in [2.24, 2.45) is 5.73 Å². The summed E-state index contributed by atoms with van der Waals surface area (Å²) in [6.45, 7) is 3.81. The monoisotopic (exact) mass is 238 g/mol. The van der Waals surface area contributed by atoms with Gasteiger partial charge in [-0.3, -0.25) is 0 Å². The van der Waals surface area contributed by atoms with Crippen LogP contribution in [0.25, 0.3) is 0 Å². The molecule has 1 aromatic rings. The van der Waals surface area contributed by atoms with Gasteiger partial charge in [-0.1, -0.05) is 0 Å². The van der Waals surface area contributed by atoms with Crippen LogP contribution >= 0.6 is 0 Å². The molecule has 4 N–H and O–H groups in total. The van der Waals surface area contributed by atoms with Crippen LogP contribution in [0.2, 0.25) is 0 Å². The minimum Gasteiger partial charge on any atom is -0.486 e. The lowest BCUT2D eigenvalue weighted by molar-refractivity contribution is 0.171. The number of hydrogen-bond donors (Lipinski definition) is 3. The molecule has 0 aromatic heterocycles. The van der Waals surface area contributed by atoms with Crippen LogP contribution in [0.4, 0.5) is 5.69 Å². The molecule has 0 aliphatic carbocycles. The van der Waals surface area contributed by atoms with Gasteiger partial charge in [0.15, 0.2) is 11.5 Å². The molecular weight excluding hydrogens is 220 g/mol. The molecule has 17 heavy (non-hydrogen) atoms. The van der Waals surface area contributed by atoms with Gasteiger partial charge in [0, 0.05) is 24.8 Å². The number of benzene rings is 1. The molecule has 0 radical (unpaired) electrons. The van der Waals surface area contributed by atoms with Crippen LogP contribution in [0.5, 0.6) is 11.5 Å². The van der Waals surface area contributed by atoms with Gasteiger partial charge in [0.25, 0.3) is 0 Å². The lowest BCUT2D eigenvalue weighted by Crippen LogP contribution is -2.28. The zero-order valence-electron chi connectivity index (χ0n) is 9.90. The Bertz CT molecular complexity index is 396. The first-order chi connectivity index (χ1) is 8.20. The second-order valence-corrected chi connectivity index (χ2v) is 4.08. The number of ether oxygens (including phenoxy) is 2. The molecule has 1 aromatic carbocycles. The van der Waals surface area contributed by atoms with Crippen molar-refractivity contribution < 1.29 is 14.6 Å². The van der Waals surface area contributed by atoms with E-state index in [0.29, 0.717) is 19.8 Å². The maximum absolute atomic E-state index is 9.41. The number of nitrogens with one attached hydrogen (secondary N) is 1. The molecule has 0 saturated heterocycles. The van der Waals surface area contributed by atoms with Gasteiger partial charge in [0.05, 0.1) is 6.10 Å². The van der Waals surface area contributed by atoms with Crippen LogP contribution in [0, 0.1) is 6.92 Å². The number of nitrogens with two attached hydrogens (primary N) is 1. The highest BCUT2D eigenvalue weighted by Crippen LogP contribution is 2.35. The van der Waals surface area contributed by atoms with Crippen LogP contribution in [0.15, 0.2) is 12.1 Å². The number of aryl methyl sites for hydroxylation is 1. The molecule has 5 heteroatoms. The summed E-state index contributed by atoms with van der Waals surface area (Å²) in [5.41, 5.74) is 7.34. The number of aliphatic hydroxyl groups excluding tert-OH is 1. The van der Waals surface area contributed by atoms with E-state index < -0.39 is 6.10 Å².